The number of aryl methyl sites for hydroxylation is 1. The molecule has 1 atom stereocenters. The monoisotopic (exact) mass is 317 g/mol. The molecule has 98 valence electrons. The van der Waals surface area contributed by atoms with Gasteiger partial charge in [-0.1, -0.05) is 27.7 Å². The quantitative estimate of drug-likeness (QED) is 0.790. The largest absolute Gasteiger partial charge is 0.313 e. The number of nitrogens with one attached hydrogen (secondary N) is 1. The molecule has 0 spiro atoms. The summed E-state index contributed by atoms with van der Waals surface area (Å²) in [6.07, 6.45) is 3.58. The summed E-state index contributed by atoms with van der Waals surface area (Å²) in [6.45, 7) is 10.3. The summed E-state index contributed by atoms with van der Waals surface area (Å²) in [7, 11) is 0. The van der Waals surface area contributed by atoms with E-state index in [1.807, 2.05) is 11.3 Å². The average molecular weight is 318 g/mol. The number of hydrogen-bond acceptors (Lipinski definition) is 2. The molecule has 0 saturated heterocycles. The smallest absolute Gasteiger partial charge is 0.0314 e. The number of halogens is 1. The van der Waals surface area contributed by atoms with E-state index in [4.69, 9.17) is 0 Å². The molecule has 0 fully saturated rings. The lowest BCUT2D eigenvalue weighted by Gasteiger charge is -2.31. The second-order valence-electron chi connectivity index (χ2n) is 5.60. The standard InChI is InChI=1S/C14H24BrNS/c1-5-9-16-13(14(2,3)4)7-6-12-11(15)8-10-17-12/h8,10,13,16H,5-7,9H2,1-4H3. The van der Waals surface area contributed by atoms with Gasteiger partial charge in [-0.25, -0.2) is 0 Å². The van der Waals surface area contributed by atoms with Gasteiger partial charge in [0, 0.05) is 15.4 Å². The van der Waals surface area contributed by atoms with Gasteiger partial charge in [0.1, 0.15) is 0 Å². The highest BCUT2D eigenvalue weighted by Gasteiger charge is 2.23. The Morgan fingerprint density at radius 2 is 2.12 bits per heavy atom. The summed E-state index contributed by atoms with van der Waals surface area (Å²) in [4.78, 5) is 1.47. The molecule has 0 aliphatic rings. The Balaban J connectivity index is 2.52. The third-order valence-corrected chi connectivity index (χ3v) is 5.02. The minimum atomic E-state index is 0.332. The second kappa shape index (κ2) is 6.91. The van der Waals surface area contributed by atoms with E-state index in [0.29, 0.717) is 11.5 Å². The van der Waals surface area contributed by atoms with Crippen LogP contribution in [0.5, 0.6) is 0 Å². The van der Waals surface area contributed by atoms with Gasteiger partial charge in [-0.3, -0.25) is 0 Å². The van der Waals surface area contributed by atoms with Gasteiger partial charge in [-0.05, 0) is 58.6 Å². The molecule has 1 nitrogen and oxygen atoms in total. The predicted molar refractivity (Wildman–Crippen MR) is 81.9 cm³/mol. The van der Waals surface area contributed by atoms with Crippen LogP contribution < -0.4 is 5.32 Å². The zero-order chi connectivity index (χ0) is 12.9. The van der Waals surface area contributed by atoms with E-state index < -0.39 is 0 Å². The van der Waals surface area contributed by atoms with Crippen LogP contribution in [0.3, 0.4) is 0 Å². The normalized spacial score (nSPS) is 13.9. The van der Waals surface area contributed by atoms with Crippen molar-refractivity contribution in [1.82, 2.24) is 5.32 Å². The van der Waals surface area contributed by atoms with Crippen LogP contribution in [0.15, 0.2) is 15.9 Å². The van der Waals surface area contributed by atoms with Crippen molar-refractivity contribution in [2.75, 3.05) is 6.54 Å². The van der Waals surface area contributed by atoms with Crippen LogP contribution in [-0.2, 0) is 6.42 Å². The van der Waals surface area contributed by atoms with Crippen molar-refractivity contribution >= 4 is 27.3 Å². The maximum atomic E-state index is 3.68. The van der Waals surface area contributed by atoms with E-state index in [2.05, 4.69) is 60.4 Å². The van der Waals surface area contributed by atoms with E-state index in [9.17, 15) is 0 Å². The maximum Gasteiger partial charge on any atom is 0.0314 e. The van der Waals surface area contributed by atoms with E-state index in [1.165, 1.54) is 22.2 Å². The zero-order valence-electron chi connectivity index (χ0n) is 11.3. The first-order valence-electron chi connectivity index (χ1n) is 6.40. The number of thiophene rings is 1. The fourth-order valence-electron chi connectivity index (χ4n) is 1.94. The molecule has 3 heteroatoms. The summed E-state index contributed by atoms with van der Waals surface area (Å²) >= 11 is 5.46. The third-order valence-electron chi connectivity index (χ3n) is 3.04. The van der Waals surface area contributed by atoms with E-state index >= 15 is 0 Å². The van der Waals surface area contributed by atoms with Crippen LogP contribution in [0.2, 0.25) is 0 Å². The Labute approximate surface area is 118 Å². The first kappa shape index (κ1) is 15.2. The molecular formula is C14H24BrNS. The summed E-state index contributed by atoms with van der Waals surface area (Å²) in [5, 5.41) is 5.84. The SMILES string of the molecule is CCCNC(CCc1sccc1Br)C(C)(C)C. The molecule has 0 saturated carbocycles. The molecule has 0 bridgehead atoms. The molecule has 1 aromatic heterocycles. The zero-order valence-corrected chi connectivity index (χ0v) is 13.7. The van der Waals surface area contributed by atoms with E-state index in [1.54, 1.807) is 0 Å². The molecule has 1 N–H and O–H groups in total. The molecule has 1 heterocycles. The van der Waals surface area contributed by atoms with Crippen molar-refractivity contribution in [3.63, 3.8) is 0 Å². The highest BCUT2D eigenvalue weighted by atomic mass is 79.9. The van der Waals surface area contributed by atoms with Crippen LogP contribution in [-0.4, -0.2) is 12.6 Å². The fraction of sp³-hybridized carbons (Fsp3) is 0.714. The summed E-state index contributed by atoms with van der Waals surface area (Å²) in [6, 6.07) is 2.74. The average Bonchev–Trinajstić information content (AvgIpc) is 2.62. The molecule has 0 aliphatic heterocycles. The van der Waals surface area contributed by atoms with Gasteiger partial charge in [-0.2, -0.15) is 0 Å². The minimum Gasteiger partial charge on any atom is -0.313 e. The Bertz CT molecular complexity index is 327. The van der Waals surface area contributed by atoms with Gasteiger partial charge in [0.15, 0.2) is 0 Å². The van der Waals surface area contributed by atoms with Crippen LogP contribution >= 0.6 is 27.3 Å². The minimum absolute atomic E-state index is 0.332. The van der Waals surface area contributed by atoms with Crippen LogP contribution in [0.25, 0.3) is 0 Å². The van der Waals surface area contributed by atoms with Gasteiger partial charge in [-0.15, -0.1) is 11.3 Å². The molecule has 1 aromatic rings. The van der Waals surface area contributed by atoms with Crippen molar-refractivity contribution in [2.45, 2.75) is 53.0 Å². The van der Waals surface area contributed by atoms with Gasteiger partial charge in [0.25, 0.3) is 0 Å². The summed E-state index contributed by atoms with van der Waals surface area (Å²) < 4.78 is 1.27. The van der Waals surface area contributed by atoms with Crippen LogP contribution in [0.1, 0.15) is 45.4 Å². The Hall–Kier alpha value is 0.140. The van der Waals surface area contributed by atoms with Gasteiger partial charge >= 0.3 is 0 Å². The lowest BCUT2D eigenvalue weighted by molar-refractivity contribution is 0.255. The first-order valence-corrected chi connectivity index (χ1v) is 8.07. The summed E-state index contributed by atoms with van der Waals surface area (Å²) in [5.74, 6) is 0. The lowest BCUT2D eigenvalue weighted by atomic mass is 9.84. The van der Waals surface area contributed by atoms with E-state index in [-0.39, 0.29) is 0 Å². The molecule has 1 unspecified atom stereocenters. The highest BCUT2D eigenvalue weighted by Crippen LogP contribution is 2.28. The van der Waals surface area contributed by atoms with Crippen molar-refractivity contribution in [1.29, 1.82) is 0 Å². The fourth-order valence-corrected chi connectivity index (χ4v) is 3.51. The Morgan fingerprint density at radius 3 is 2.59 bits per heavy atom. The van der Waals surface area contributed by atoms with Crippen LogP contribution in [0, 0.1) is 5.41 Å². The van der Waals surface area contributed by atoms with E-state index in [0.717, 1.165) is 13.0 Å². The molecule has 1 rings (SSSR count). The molecule has 0 aromatic carbocycles. The second-order valence-corrected chi connectivity index (χ2v) is 7.46. The lowest BCUT2D eigenvalue weighted by Crippen LogP contribution is -2.41. The van der Waals surface area contributed by atoms with Crippen molar-refractivity contribution in [2.24, 2.45) is 5.41 Å². The first-order chi connectivity index (χ1) is 7.95. The Kier molecular flexibility index (Phi) is 6.18. The number of rotatable bonds is 6. The topological polar surface area (TPSA) is 12.0 Å². The summed E-state index contributed by atoms with van der Waals surface area (Å²) in [5.41, 5.74) is 0.332. The van der Waals surface area contributed by atoms with Gasteiger partial charge in [0.2, 0.25) is 0 Å². The molecule has 0 radical (unpaired) electrons. The van der Waals surface area contributed by atoms with Crippen molar-refractivity contribution < 1.29 is 0 Å². The molecule has 0 amide bonds. The highest BCUT2D eigenvalue weighted by molar-refractivity contribution is 9.10. The molecular weight excluding hydrogens is 294 g/mol. The predicted octanol–water partition coefficient (Wildman–Crippen LogP) is 4.86. The maximum absolute atomic E-state index is 3.68. The number of hydrogen-bond donors (Lipinski definition) is 1. The van der Waals surface area contributed by atoms with Gasteiger partial charge < -0.3 is 5.32 Å². The van der Waals surface area contributed by atoms with Crippen molar-refractivity contribution in [3.8, 4) is 0 Å². The van der Waals surface area contributed by atoms with Gasteiger partial charge in [0.05, 0.1) is 0 Å². The van der Waals surface area contributed by atoms with Crippen LogP contribution in [0.4, 0.5) is 0 Å². The Morgan fingerprint density at radius 1 is 1.41 bits per heavy atom. The van der Waals surface area contributed by atoms with Crippen molar-refractivity contribution in [3.05, 3.63) is 20.8 Å². The molecule has 0 aliphatic carbocycles. The molecule has 17 heavy (non-hydrogen) atoms. The third kappa shape index (κ3) is 5.11.